The van der Waals surface area contributed by atoms with E-state index in [9.17, 15) is 9.59 Å². The molecule has 13 heteroatoms. The Labute approximate surface area is 193 Å². The molecule has 0 saturated heterocycles. The molecule has 184 valence electrons. The lowest BCUT2D eigenvalue weighted by Crippen LogP contribution is -2.58. The summed E-state index contributed by atoms with van der Waals surface area (Å²) in [4.78, 5) is 21.6. The average molecular weight is 529 g/mol. The topological polar surface area (TPSA) is 112 Å². The Morgan fingerprint density at radius 2 is 0.806 bits per heavy atom. The zero-order valence-corrected chi connectivity index (χ0v) is 26.1. The molecule has 0 spiro atoms. The molecule has 0 aromatic carbocycles. The minimum absolute atomic E-state index is 0.162. The van der Waals surface area contributed by atoms with Gasteiger partial charge in [0.25, 0.3) is 0 Å². The van der Waals surface area contributed by atoms with E-state index in [-0.39, 0.29) is 12.8 Å². The Balaban J connectivity index is 4.92. The number of hydrogen-bond donors (Lipinski definition) is 2. The molecule has 0 radical (unpaired) electrons. The van der Waals surface area contributed by atoms with Gasteiger partial charge in [-0.2, -0.15) is 0 Å². The maximum Gasteiger partial charge on any atom is 0.314 e. The fraction of sp³-hybridized carbons (Fsp3) is 0.889. The van der Waals surface area contributed by atoms with E-state index in [1.54, 1.807) is 0 Å². The molecule has 0 rings (SSSR count). The summed E-state index contributed by atoms with van der Waals surface area (Å²) in [5.41, 5.74) is 0. The minimum Gasteiger partial charge on any atom is -0.481 e. The van der Waals surface area contributed by atoms with Crippen molar-refractivity contribution in [1.82, 2.24) is 0 Å². The summed E-state index contributed by atoms with van der Waals surface area (Å²) in [5, 5.41) is 17.7. The normalized spacial score (nSPS) is 14.0. The van der Waals surface area contributed by atoms with Gasteiger partial charge in [0.15, 0.2) is 16.6 Å². The first-order valence-electron chi connectivity index (χ1n) is 10.9. The molecule has 0 aliphatic heterocycles. The molecule has 0 bridgehead atoms. The number of carboxylic acid groups (broad SMARTS) is 2. The predicted octanol–water partition coefficient (Wildman–Crippen LogP) is 5.30. The predicted molar refractivity (Wildman–Crippen MR) is 135 cm³/mol. The van der Waals surface area contributed by atoms with Crippen molar-refractivity contribution >= 4 is 54.3 Å². The van der Waals surface area contributed by atoms with Crippen LogP contribution in [0.5, 0.6) is 0 Å². The second-order valence-electron chi connectivity index (χ2n) is 10.6. The van der Waals surface area contributed by atoms with Crippen molar-refractivity contribution in [2.45, 2.75) is 103 Å². The van der Waals surface area contributed by atoms with E-state index in [0.29, 0.717) is 12.8 Å². The molecule has 8 nitrogen and oxygen atoms in total. The number of carboxylic acids is 2. The van der Waals surface area contributed by atoms with E-state index in [1.165, 1.54) is 0 Å². The zero-order valence-electron chi connectivity index (χ0n) is 21.1. The molecule has 0 unspecified atom stereocenters. The SMILES string of the molecule is C[Si](C)(CCCC(=O)O)O[Si](C)(C)O[Si](C)(C)O[Si](C)(C)O[Si](C)(C)CCCC(=O)O. The highest BCUT2D eigenvalue weighted by atomic mass is 28.5. The van der Waals surface area contributed by atoms with E-state index in [1.807, 2.05) is 39.3 Å². The standard InChI is InChI=1S/C18H44O8Si5/c1-27(2,15-11-13-17(19)20)23-29(5,6)25-31(9,10)26-30(7,8)24-28(3,4)16-12-14-18(21)22/h11-16H2,1-10H3,(H,19,20)(H,21,22). The molecule has 0 atom stereocenters. The molecule has 31 heavy (non-hydrogen) atoms. The van der Waals surface area contributed by atoms with Crippen LogP contribution in [0.2, 0.25) is 77.6 Å². The smallest absolute Gasteiger partial charge is 0.314 e. The molecule has 0 aliphatic rings. The molecule has 0 saturated carbocycles. The molecule has 0 aromatic heterocycles. The van der Waals surface area contributed by atoms with Crippen LogP contribution in [0.3, 0.4) is 0 Å². The van der Waals surface area contributed by atoms with Crippen molar-refractivity contribution in [3.8, 4) is 0 Å². The lowest BCUT2D eigenvalue weighted by Gasteiger charge is -2.42. The molecule has 2 N–H and O–H groups in total. The molecule has 0 aliphatic carbocycles. The Bertz CT molecular complexity index is 558. The Hall–Kier alpha value is -0.136. The molecule has 0 amide bonds. The second kappa shape index (κ2) is 11.8. The van der Waals surface area contributed by atoms with Crippen LogP contribution in [0, 0.1) is 0 Å². The van der Waals surface area contributed by atoms with E-state index in [2.05, 4.69) is 26.2 Å². The van der Waals surface area contributed by atoms with Crippen molar-refractivity contribution in [3.63, 3.8) is 0 Å². The van der Waals surface area contributed by atoms with Crippen LogP contribution in [-0.4, -0.2) is 64.5 Å². The maximum atomic E-state index is 10.8. The first-order chi connectivity index (χ1) is 13.7. The van der Waals surface area contributed by atoms with Gasteiger partial charge in [-0.15, -0.1) is 0 Å². The van der Waals surface area contributed by atoms with Gasteiger partial charge < -0.3 is 26.7 Å². The van der Waals surface area contributed by atoms with Gasteiger partial charge in [0.1, 0.15) is 0 Å². The third-order valence-electron chi connectivity index (χ3n) is 4.37. The quantitative estimate of drug-likeness (QED) is 0.260. The van der Waals surface area contributed by atoms with Gasteiger partial charge in [-0.3, -0.25) is 9.59 Å². The number of hydrogen-bond acceptors (Lipinski definition) is 6. The van der Waals surface area contributed by atoms with Gasteiger partial charge >= 0.3 is 37.6 Å². The lowest BCUT2D eigenvalue weighted by atomic mass is 10.3. The van der Waals surface area contributed by atoms with E-state index < -0.39 is 54.3 Å². The average Bonchev–Trinajstić information content (AvgIpc) is 2.39. The van der Waals surface area contributed by atoms with Crippen LogP contribution in [0.1, 0.15) is 25.7 Å². The Kier molecular flexibility index (Phi) is 11.8. The third kappa shape index (κ3) is 16.2. The van der Waals surface area contributed by atoms with Crippen molar-refractivity contribution < 1.29 is 36.3 Å². The molecule has 0 fully saturated rings. The maximum absolute atomic E-state index is 10.8. The summed E-state index contributed by atoms with van der Waals surface area (Å²) in [6.45, 7) is 20.6. The first kappa shape index (κ1) is 30.9. The summed E-state index contributed by atoms with van der Waals surface area (Å²) in [7, 11) is -11.6. The van der Waals surface area contributed by atoms with Gasteiger partial charge in [-0.25, -0.2) is 0 Å². The molecule has 0 heterocycles. The highest BCUT2D eigenvalue weighted by Crippen LogP contribution is 2.28. The van der Waals surface area contributed by atoms with Crippen LogP contribution in [-0.2, 0) is 26.0 Å². The van der Waals surface area contributed by atoms with Crippen molar-refractivity contribution in [2.75, 3.05) is 0 Å². The Morgan fingerprint density at radius 3 is 1.06 bits per heavy atom. The fourth-order valence-corrected chi connectivity index (χ4v) is 28.6. The Morgan fingerprint density at radius 1 is 0.548 bits per heavy atom. The van der Waals surface area contributed by atoms with Gasteiger partial charge in [0.2, 0.25) is 0 Å². The number of rotatable bonds is 16. The first-order valence-corrected chi connectivity index (χ1v) is 25.6. The largest absolute Gasteiger partial charge is 0.481 e. The van der Waals surface area contributed by atoms with Crippen LogP contribution in [0.25, 0.3) is 0 Å². The van der Waals surface area contributed by atoms with Gasteiger partial charge in [-0.05, 0) is 90.4 Å². The van der Waals surface area contributed by atoms with Gasteiger partial charge in [-0.1, -0.05) is 0 Å². The van der Waals surface area contributed by atoms with E-state index in [0.717, 1.165) is 12.1 Å². The minimum atomic E-state index is -2.54. The van der Waals surface area contributed by atoms with E-state index >= 15 is 0 Å². The van der Waals surface area contributed by atoms with Crippen molar-refractivity contribution in [1.29, 1.82) is 0 Å². The van der Waals surface area contributed by atoms with Crippen LogP contribution in [0.4, 0.5) is 0 Å². The third-order valence-corrected chi connectivity index (χ3v) is 23.7. The fourth-order valence-electron chi connectivity index (χ4n) is 4.01. The monoisotopic (exact) mass is 528 g/mol. The second-order valence-corrected chi connectivity index (χ2v) is 30.3. The van der Waals surface area contributed by atoms with Crippen LogP contribution < -0.4 is 0 Å². The summed E-state index contributed by atoms with van der Waals surface area (Å²) >= 11 is 0. The number of aliphatic carboxylic acids is 2. The molecular formula is C18H44O8Si5. The summed E-state index contributed by atoms with van der Waals surface area (Å²) < 4.78 is 25.9. The van der Waals surface area contributed by atoms with Crippen molar-refractivity contribution in [2.24, 2.45) is 0 Å². The van der Waals surface area contributed by atoms with Gasteiger partial charge in [0.05, 0.1) is 0 Å². The van der Waals surface area contributed by atoms with E-state index in [4.69, 9.17) is 26.7 Å². The van der Waals surface area contributed by atoms with Gasteiger partial charge in [0, 0.05) is 12.8 Å². The van der Waals surface area contributed by atoms with Crippen LogP contribution >= 0.6 is 0 Å². The summed E-state index contributed by atoms with van der Waals surface area (Å²) in [6, 6.07) is 1.56. The zero-order chi connectivity index (χ0) is 24.7. The molecule has 0 aromatic rings. The van der Waals surface area contributed by atoms with Crippen molar-refractivity contribution in [3.05, 3.63) is 0 Å². The summed E-state index contributed by atoms with van der Waals surface area (Å²) in [6.07, 6.45) is 1.56. The highest BCUT2D eigenvalue weighted by molar-refractivity contribution is 6.90. The van der Waals surface area contributed by atoms with Crippen LogP contribution in [0.15, 0.2) is 0 Å². The lowest BCUT2D eigenvalue weighted by molar-refractivity contribution is -0.138. The summed E-state index contributed by atoms with van der Waals surface area (Å²) in [5.74, 6) is -1.55. The molecular weight excluding hydrogens is 485 g/mol. The highest BCUT2D eigenvalue weighted by Gasteiger charge is 2.45. The number of carbonyl (C=O) groups is 2.